The van der Waals surface area contributed by atoms with Crippen LogP contribution in [0.1, 0.15) is 16.1 Å². The fraction of sp³-hybridized carbons (Fsp3) is 0.185. The van der Waals surface area contributed by atoms with Crippen molar-refractivity contribution < 1.29 is 28.5 Å². The molecule has 4 rings (SSSR count). The van der Waals surface area contributed by atoms with Crippen molar-refractivity contribution in [3.05, 3.63) is 71.9 Å². The van der Waals surface area contributed by atoms with E-state index in [-0.39, 0.29) is 5.91 Å². The molecule has 0 saturated carbocycles. The largest absolute Gasteiger partial charge is 0.493 e. The highest BCUT2D eigenvalue weighted by Crippen LogP contribution is 2.35. The lowest BCUT2D eigenvalue weighted by Crippen LogP contribution is -2.12. The molecule has 0 aliphatic carbocycles. The molecule has 0 bridgehead atoms. The number of hydrogen-bond donors (Lipinski definition) is 1. The van der Waals surface area contributed by atoms with E-state index in [0.717, 1.165) is 16.6 Å². The second-order valence-electron chi connectivity index (χ2n) is 7.62. The molecule has 0 aliphatic heterocycles. The number of carbonyl (C=O) groups excluding carboxylic acids is 1. The van der Waals surface area contributed by atoms with Gasteiger partial charge in [0.15, 0.2) is 23.0 Å². The molecule has 0 saturated heterocycles. The summed E-state index contributed by atoms with van der Waals surface area (Å²) in [5, 5.41) is 3.73. The SMILES string of the molecule is COc1ccc(C(=O)Nc2ccc(Oc3cc4cc(OC)c(OC)cc4nc3C)cc2)cc1OC. The number of fused-ring (bicyclic) bond motifs is 1. The standard InChI is InChI=1S/C27H26N2O6/c1-16-23(13-18-14-25(33-4)26(34-5)15-21(18)28-16)35-20-9-7-19(8-10-20)29-27(30)17-6-11-22(31-2)24(12-17)32-3/h6-15H,1-5H3,(H,29,30). The summed E-state index contributed by atoms with van der Waals surface area (Å²) < 4.78 is 27.3. The number of hydrogen-bond acceptors (Lipinski definition) is 7. The van der Waals surface area contributed by atoms with Crippen LogP contribution in [0, 0.1) is 6.92 Å². The summed E-state index contributed by atoms with van der Waals surface area (Å²) in [5.41, 5.74) is 2.59. The summed E-state index contributed by atoms with van der Waals surface area (Å²) in [5.74, 6) is 3.24. The smallest absolute Gasteiger partial charge is 0.255 e. The van der Waals surface area contributed by atoms with E-state index in [0.29, 0.717) is 45.7 Å². The van der Waals surface area contributed by atoms with Crippen LogP contribution >= 0.6 is 0 Å². The molecule has 35 heavy (non-hydrogen) atoms. The van der Waals surface area contributed by atoms with Crippen molar-refractivity contribution in [2.45, 2.75) is 6.92 Å². The zero-order valence-electron chi connectivity index (χ0n) is 20.2. The van der Waals surface area contributed by atoms with Gasteiger partial charge in [0.05, 0.1) is 39.6 Å². The molecule has 3 aromatic carbocycles. The number of pyridine rings is 1. The topological polar surface area (TPSA) is 88.1 Å². The van der Waals surface area contributed by atoms with Crippen LogP contribution in [0.5, 0.6) is 34.5 Å². The van der Waals surface area contributed by atoms with E-state index in [1.54, 1.807) is 63.8 Å². The van der Waals surface area contributed by atoms with E-state index in [2.05, 4.69) is 10.3 Å². The Morgan fingerprint density at radius 2 is 1.31 bits per heavy atom. The fourth-order valence-corrected chi connectivity index (χ4v) is 3.60. The highest BCUT2D eigenvalue weighted by Gasteiger charge is 2.13. The normalized spacial score (nSPS) is 10.5. The van der Waals surface area contributed by atoms with Crippen LogP contribution in [-0.4, -0.2) is 39.3 Å². The van der Waals surface area contributed by atoms with Gasteiger partial charge in [0.25, 0.3) is 5.91 Å². The first-order chi connectivity index (χ1) is 16.9. The first-order valence-electron chi connectivity index (χ1n) is 10.8. The van der Waals surface area contributed by atoms with Gasteiger partial charge in [-0.05, 0) is 61.5 Å². The average Bonchev–Trinajstić information content (AvgIpc) is 2.88. The van der Waals surface area contributed by atoms with Crippen molar-refractivity contribution in [3.8, 4) is 34.5 Å². The Labute approximate surface area is 203 Å². The number of benzene rings is 3. The fourth-order valence-electron chi connectivity index (χ4n) is 3.60. The molecule has 4 aromatic rings. The maximum absolute atomic E-state index is 12.7. The molecule has 0 atom stereocenters. The van der Waals surface area contributed by atoms with Gasteiger partial charge in [-0.3, -0.25) is 4.79 Å². The van der Waals surface area contributed by atoms with E-state index in [1.165, 1.54) is 7.11 Å². The van der Waals surface area contributed by atoms with Crippen LogP contribution in [0.25, 0.3) is 10.9 Å². The Morgan fingerprint density at radius 1 is 0.714 bits per heavy atom. The van der Waals surface area contributed by atoms with Crippen molar-refractivity contribution in [2.24, 2.45) is 0 Å². The van der Waals surface area contributed by atoms with Gasteiger partial charge in [-0.25, -0.2) is 4.98 Å². The Bertz CT molecular complexity index is 1370. The van der Waals surface area contributed by atoms with Crippen molar-refractivity contribution in [2.75, 3.05) is 33.8 Å². The predicted octanol–water partition coefficient (Wildman–Crippen LogP) is 5.62. The third-order valence-corrected chi connectivity index (χ3v) is 5.45. The molecule has 1 heterocycles. The van der Waals surface area contributed by atoms with Gasteiger partial charge in [0.1, 0.15) is 11.5 Å². The summed E-state index contributed by atoms with van der Waals surface area (Å²) in [7, 11) is 6.26. The summed E-state index contributed by atoms with van der Waals surface area (Å²) >= 11 is 0. The van der Waals surface area contributed by atoms with E-state index in [4.69, 9.17) is 23.7 Å². The number of methoxy groups -OCH3 is 4. The van der Waals surface area contributed by atoms with Crippen LogP contribution in [0.4, 0.5) is 5.69 Å². The molecular weight excluding hydrogens is 448 g/mol. The van der Waals surface area contributed by atoms with Crippen LogP contribution in [-0.2, 0) is 0 Å². The molecular formula is C27H26N2O6. The third-order valence-electron chi connectivity index (χ3n) is 5.45. The zero-order chi connectivity index (χ0) is 24.9. The number of aryl methyl sites for hydroxylation is 1. The number of amides is 1. The second-order valence-corrected chi connectivity index (χ2v) is 7.62. The number of carbonyl (C=O) groups is 1. The highest BCUT2D eigenvalue weighted by molar-refractivity contribution is 6.04. The third kappa shape index (κ3) is 5.06. The van der Waals surface area contributed by atoms with E-state index in [1.807, 2.05) is 25.1 Å². The van der Waals surface area contributed by atoms with Gasteiger partial charge in [-0.2, -0.15) is 0 Å². The minimum atomic E-state index is -0.265. The summed E-state index contributed by atoms with van der Waals surface area (Å²) in [6, 6.07) is 17.7. The van der Waals surface area contributed by atoms with Gasteiger partial charge in [0.2, 0.25) is 0 Å². The Balaban J connectivity index is 1.50. The van der Waals surface area contributed by atoms with Gasteiger partial charge in [-0.15, -0.1) is 0 Å². The minimum absolute atomic E-state index is 0.265. The van der Waals surface area contributed by atoms with Gasteiger partial charge >= 0.3 is 0 Å². The number of nitrogens with one attached hydrogen (secondary N) is 1. The molecule has 0 unspecified atom stereocenters. The molecule has 0 spiro atoms. The van der Waals surface area contributed by atoms with Crippen LogP contribution < -0.4 is 29.0 Å². The van der Waals surface area contributed by atoms with Gasteiger partial charge in [0, 0.05) is 22.7 Å². The average molecular weight is 475 g/mol. The maximum Gasteiger partial charge on any atom is 0.255 e. The van der Waals surface area contributed by atoms with Crippen LogP contribution in [0.2, 0.25) is 0 Å². The number of anilines is 1. The summed E-state index contributed by atoms with van der Waals surface area (Å²) in [6.45, 7) is 1.88. The van der Waals surface area contributed by atoms with E-state index >= 15 is 0 Å². The number of nitrogens with zero attached hydrogens (tertiary/aromatic N) is 1. The van der Waals surface area contributed by atoms with Gasteiger partial charge < -0.3 is 29.0 Å². The monoisotopic (exact) mass is 474 g/mol. The molecule has 0 radical (unpaired) electrons. The molecule has 180 valence electrons. The highest BCUT2D eigenvalue weighted by atomic mass is 16.5. The Morgan fingerprint density at radius 3 is 1.97 bits per heavy atom. The van der Waals surface area contributed by atoms with Crippen LogP contribution in [0.3, 0.4) is 0 Å². The second kappa shape index (κ2) is 10.2. The van der Waals surface area contributed by atoms with Crippen molar-refractivity contribution in [3.63, 3.8) is 0 Å². The van der Waals surface area contributed by atoms with Crippen molar-refractivity contribution in [1.29, 1.82) is 0 Å². The molecule has 0 aliphatic rings. The zero-order valence-corrected chi connectivity index (χ0v) is 20.2. The number of aromatic nitrogens is 1. The number of rotatable bonds is 8. The first-order valence-corrected chi connectivity index (χ1v) is 10.8. The molecule has 0 fully saturated rings. The lowest BCUT2D eigenvalue weighted by molar-refractivity contribution is 0.102. The molecule has 8 heteroatoms. The van der Waals surface area contributed by atoms with E-state index < -0.39 is 0 Å². The maximum atomic E-state index is 12.7. The predicted molar refractivity (Wildman–Crippen MR) is 134 cm³/mol. The molecule has 8 nitrogen and oxygen atoms in total. The quantitative estimate of drug-likeness (QED) is 0.354. The summed E-state index contributed by atoms with van der Waals surface area (Å²) in [6.07, 6.45) is 0. The molecule has 1 amide bonds. The molecule has 1 N–H and O–H groups in total. The van der Waals surface area contributed by atoms with E-state index in [9.17, 15) is 4.79 Å². The number of ether oxygens (including phenoxy) is 5. The minimum Gasteiger partial charge on any atom is -0.493 e. The lowest BCUT2D eigenvalue weighted by atomic mass is 10.1. The lowest BCUT2D eigenvalue weighted by Gasteiger charge is -2.13. The van der Waals surface area contributed by atoms with Crippen LogP contribution in [0.15, 0.2) is 60.7 Å². The van der Waals surface area contributed by atoms with Crippen molar-refractivity contribution >= 4 is 22.5 Å². The van der Waals surface area contributed by atoms with Crippen molar-refractivity contribution in [1.82, 2.24) is 4.98 Å². The summed E-state index contributed by atoms with van der Waals surface area (Å²) in [4.78, 5) is 17.3. The van der Waals surface area contributed by atoms with Gasteiger partial charge in [-0.1, -0.05) is 0 Å². The first kappa shape index (κ1) is 23.7. The molecule has 1 aromatic heterocycles. The Hall–Kier alpha value is -4.46. The Kier molecular flexibility index (Phi) is 6.91.